The molecule has 2 aromatic rings. The number of fused-ring (bicyclic) bond motifs is 1. The summed E-state index contributed by atoms with van der Waals surface area (Å²) in [5.74, 6) is 0. The molecule has 8 heteroatoms. The smallest absolute Gasteiger partial charge is 0.318 e. The molecular formula is C10H5F3N2O2S. The fourth-order valence-corrected chi connectivity index (χ4v) is 1.81. The van der Waals surface area contributed by atoms with Gasteiger partial charge in [0, 0.05) is 0 Å². The zero-order valence-corrected chi connectivity index (χ0v) is 9.43. The number of para-hydroxylation sites is 2. The number of alkyl halides is 3. The highest BCUT2D eigenvalue weighted by atomic mass is 32.2. The highest BCUT2D eigenvalue weighted by Crippen LogP contribution is 2.26. The Morgan fingerprint density at radius 2 is 1.94 bits per heavy atom. The van der Waals surface area contributed by atoms with E-state index in [-0.39, 0.29) is 11.8 Å². The Bertz CT molecular complexity index is 666. The van der Waals surface area contributed by atoms with Gasteiger partial charge in [-0.2, -0.15) is 13.2 Å². The van der Waals surface area contributed by atoms with E-state index in [4.69, 9.17) is 0 Å². The zero-order chi connectivity index (χ0) is 13.3. The van der Waals surface area contributed by atoms with Gasteiger partial charge in [0.1, 0.15) is 0 Å². The first kappa shape index (κ1) is 12.6. The van der Waals surface area contributed by atoms with E-state index in [2.05, 4.69) is 9.97 Å². The van der Waals surface area contributed by atoms with Crippen molar-refractivity contribution in [2.24, 2.45) is 0 Å². The molecule has 0 radical (unpaired) electrons. The van der Waals surface area contributed by atoms with Crippen molar-refractivity contribution in [2.75, 3.05) is 0 Å². The zero-order valence-electron chi connectivity index (χ0n) is 8.62. The predicted molar refractivity (Wildman–Crippen MR) is 59.3 cm³/mol. The van der Waals surface area contributed by atoms with Gasteiger partial charge in [-0.25, -0.2) is 4.98 Å². The highest BCUT2D eigenvalue weighted by molar-refractivity contribution is 8.13. The molecule has 0 fully saturated rings. The van der Waals surface area contributed by atoms with Gasteiger partial charge in [0.05, 0.1) is 11.0 Å². The molecule has 0 spiro atoms. The van der Waals surface area contributed by atoms with Gasteiger partial charge in [0.2, 0.25) is 0 Å². The summed E-state index contributed by atoms with van der Waals surface area (Å²) in [5, 5.41) is -2.59. The Morgan fingerprint density at radius 3 is 2.61 bits per heavy atom. The monoisotopic (exact) mass is 274 g/mol. The van der Waals surface area contributed by atoms with Crippen LogP contribution in [0.5, 0.6) is 0 Å². The SMILES string of the molecule is O=C(Sc1nc2ccccc2[nH]c1=O)C(F)(F)F. The van der Waals surface area contributed by atoms with Gasteiger partial charge in [-0.15, -0.1) is 0 Å². The van der Waals surface area contributed by atoms with E-state index in [0.717, 1.165) is 0 Å². The van der Waals surface area contributed by atoms with Crippen LogP contribution in [-0.4, -0.2) is 21.3 Å². The number of aromatic nitrogens is 2. The Balaban J connectivity index is 2.43. The van der Waals surface area contributed by atoms with E-state index in [0.29, 0.717) is 11.0 Å². The summed E-state index contributed by atoms with van der Waals surface area (Å²) in [6, 6.07) is 6.35. The van der Waals surface area contributed by atoms with Crippen LogP contribution in [0.3, 0.4) is 0 Å². The quantitative estimate of drug-likeness (QED) is 0.809. The van der Waals surface area contributed by atoms with Gasteiger partial charge < -0.3 is 4.98 Å². The molecular weight excluding hydrogens is 269 g/mol. The summed E-state index contributed by atoms with van der Waals surface area (Å²) >= 11 is -0.227. The molecule has 1 aromatic carbocycles. The maximum Gasteiger partial charge on any atom is 0.461 e. The minimum atomic E-state index is -5.00. The molecule has 0 atom stereocenters. The van der Waals surface area contributed by atoms with Crippen LogP contribution in [-0.2, 0) is 4.79 Å². The van der Waals surface area contributed by atoms with Crippen LogP contribution in [0.15, 0.2) is 34.1 Å². The second-order valence-corrected chi connectivity index (χ2v) is 4.24. The van der Waals surface area contributed by atoms with Gasteiger partial charge in [0.15, 0.2) is 5.03 Å². The lowest BCUT2D eigenvalue weighted by molar-refractivity contribution is -0.160. The van der Waals surface area contributed by atoms with Crippen LogP contribution in [0, 0.1) is 0 Å². The maximum atomic E-state index is 12.1. The van der Waals surface area contributed by atoms with E-state index in [1.54, 1.807) is 18.2 Å². The minimum Gasteiger partial charge on any atom is -0.318 e. The van der Waals surface area contributed by atoms with E-state index in [1.165, 1.54) is 6.07 Å². The average Bonchev–Trinajstić information content (AvgIpc) is 2.28. The standard InChI is InChI=1S/C10H5F3N2O2S/c11-10(12,13)9(17)18-8-7(16)14-5-3-1-2-4-6(5)15-8/h1-4H,(H,14,16). The lowest BCUT2D eigenvalue weighted by atomic mass is 10.3. The molecule has 0 amide bonds. The summed E-state index contributed by atoms with van der Waals surface area (Å²) in [5.41, 5.74) is -0.114. The Kier molecular flexibility index (Phi) is 3.12. The number of rotatable bonds is 1. The molecule has 1 heterocycles. The fraction of sp³-hybridized carbons (Fsp3) is 0.100. The highest BCUT2D eigenvalue weighted by Gasteiger charge is 2.39. The molecule has 1 aromatic heterocycles. The number of hydrogen-bond acceptors (Lipinski definition) is 4. The summed E-state index contributed by atoms with van der Waals surface area (Å²) in [4.78, 5) is 28.3. The first-order valence-electron chi connectivity index (χ1n) is 4.66. The number of H-pyrrole nitrogens is 1. The van der Waals surface area contributed by atoms with E-state index >= 15 is 0 Å². The van der Waals surface area contributed by atoms with E-state index in [1.807, 2.05) is 0 Å². The first-order valence-corrected chi connectivity index (χ1v) is 5.47. The normalized spacial score (nSPS) is 11.7. The van der Waals surface area contributed by atoms with Crippen molar-refractivity contribution in [3.63, 3.8) is 0 Å². The third-order valence-corrected chi connectivity index (χ3v) is 2.88. The average molecular weight is 274 g/mol. The predicted octanol–water partition coefficient (Wildman–Crippen LogP) is 2.10. The Morgan fingerprint density at radius 1 is 1.28 bits per heavy atom. The number of nitrogens with one attached hydrogen (secondary N) is 1. The largest absolute Gasteiger partial charge is 0.461 e. The molecule has 0 aliphatic rings. The molecule has 18 heavy (non-hydrogen) atoms. The second-order valence-electron chi connectivity index (χ2n) is 3.28. The van der Waals surface area contributed by atoms with Gasteiger partial charge in [-0.1, -0.05) is 12.1 Å². The molecule has 2 rings (SSSR count). The van der Waals surface area contributed by atoms with E-state index < -0.39 is 21.9 Å². The van der Waals surface area contributed by atoms with Gasteiger partial charge in [-0.3, -0.25) is 9.59 Å². The number of halogens is 3. The molecule has 4 nitrogen and oxygen atoms in total. The molecule has 0 aliphatic heterocycles. The lowest BCUT2D eigenvalue weighted by Gasteiger charge is -2.04. The summed E-state index contributed by atoms with van der Waals surface area (Å²) in [7, 11) is 0. The molecule has 1 N–H and O–H groups in total. The molecule has 94 valence electrons. The van der Waals surface area contributed by atoms with Crippen LogP contribution >= 0.6 is 11.8 Å². The van der Waals surface area contributed by atoms with Gasteiger partial charge >= 0.3 is 6.18 Å². The van der Waals surface area contributed by atoms with Gasteiger partial charge in [-0.05, 0) is 23.9 Å². The number of benzene rings is 1. The Labute approximate surface area is 102 Å². The topological polar surface area (TPSA) is 62.8 Å². The second kappa shape index (κ2) is 4.45. The first-order chi connectivity index (χ1) is 8.38. The molecule has 0 saturated heterocycles. The summed E-state index contributed by atoms with van der Waals surface area (Å²) in [6.45, 7) is 0. The molecule has 0 saturated carbocycles. The minimum absolute atomic E-state index is 0.227. The van der Waals surface area contributed by atoms with E-state index in [9.17, 15) is 22.8 Å². The van der Waals surface area contributed by atoms with Crippen molar-refractivity contribution in [2.45, 2.75) is 11.2 Å². The number of carbonyl (C=O) groups excluding carboxylic acids is 1. The van der Waals surface area contributed by atoms with Gasteiger partial charge in [0.25, 0.3) is 10.7 Å². The molecule has 0 unspecified atom stereocenters. The summed E-state index contributed by atoms with van der Waals surface area (Å²) < 4.78 is 36.2. The number of nitrogens with zero attached hydrogens (tertiary/aromatic N) is 1. The van der Waals surface area contributed by atoms with Crippen molar-refractivity contribution in [3.05, 3.63) is 34.6 Å². The number of hydrogen-bond donors (Lipinski definition) is 1. The molecule has 0 aliphatic carbocycles. The maximum absolute atomic E-state index is 12.1. The van der Waals surface area contributed by atoms with Crippen molar-refractivity contribution in [3.8, 4) is 0 Å². The number of aromatic amines is 1. The van der Waals surface area contributed by atoms with Crippen LogP contribution in [0.25, 0.3) is 11.0 Å². The van der Waals surface area contributed by atoms with Crippen molar-refractivity contribution in [1.82, 2.24) is 9.97 Å². The molecule has 0 bridgehead atoms. The van der Waals surface area contributed by atoms with Crippen LogP contribution < -0.4 is 5.56 Å². The van der Waals surface area contributed by atoms with Crippen LogP contribution in [0.4, 0.5) is 13.2 Å². The third kappa shape index (κ3) is 2.53. The third-order valence-electron chi connectivity index (χ3n) is 1.99. The van der Waals surface area contributed by atoms with Crippen LogP contribution in [0.1, 0.15) is 0 Å². The number of carbonyl (C=O) groups is 1. The van der Waals surface area contributed by atoms with Crippen molar-refractivity contribution in [1.29, 1.82) is 0 Å². The summed E-state index contributed by atoms with van der Waals surface area (Å²) in [6.07, 6.45) is -5.00. The number of thioether (sulfide) groups is 1. The Hall–Kier alpha value is -1.83. The fourth-order valence-electron chi connectivity index (χ4n) is 1.23. The van der Waals surface area contributed by atoms with Crippen molar-refractivity contribution >= 4 is 27.9 Å². The van der Waals surface area contributed by atoms with Crippen molar-refractivity contribution < 1.29 is 18.0 Å². The van der Waals surface area contributed by atoms with Crippen LogP contribution in [0.2, 0.25) is 0 Å². The lowest BCUT2D eigenvalue weighted by Crippen LogP contribution is -2.21.